The highest BCUT2D eigenvalue weighted by Crippen LogP contribution is 2.20. The third-order valence-electron chi connectivity index (χ3n) is 2.10. The standard InChI is InChI=1S/C10H6F2N2OS/c11-6-1-2-7(12)8-4(6)3-5(10(14)16)9(13)15-8/h1-3,13H,(H2,14,16). The Hall–Kier alpha value is -1.82. The van der Waals surface area contributed by atoms with E-state index in [1.165, 1.54) is 6.07 Å². The van der Waals surface area contributed by atoms with E-state index in [1.807, 2.05) is 0 Å². The third-order valence-corrected chi connectivity index (χ3v) is 2.32. The van der Waals surface area contributed by atoms with Crippen molar-refractivity contribution in [3.8, 4) is 0 Å². The van der Waals surface area contributed by atoms with Gasteiger partial charge in [-0.3, -0.25) is 5.41 Å². The first-order chi connectivity index (χ1) is 7.50. The SMILES string of the molecule is N=c1oc2c(F)ccc(F)c2cc1C(N)=S. The van der Waals surface area contributed by atoms with E-state index in [-0.39, 0.29) is 27.1 Å². The Labute approximate surface area is 94.0 Å². The number of hydrogen-bond acceptors (Lipinski definition) is 3. The zero-order chi connectivity index (χ0) is 11.9. The smallest absolute Gasteiger partial charge is 0.222 e. The highest BCUT2D eigenvalue weighted by molar-refractivity contribution is 7.80. The zero-order valence-corrected chi connectivity index (χ0v) is 8.70. The van der Waals surface area contributed by atoms with Crippen LogP contribution in [-0.4, -0.2) is 4.99 Å². The van der Waals surface area contributed by atoms with Crippen LogP contribution in [0.4, 0.5) is 8.78 Å². The fourth-order valence-electron chi connectivity index (χ4n) is 1.34. The lowest BCUT2D eigenvalue weighted by atomic mass is 10.1. The highest BCUT2D eigenvalue weighted by Gasteiger charge is 2.12. The van der Waals surface area contributed by atoms with E-state index in [0.717, 1.165) is 12.1 Å². The summed E-state index contributed by atoms with van der Waals surface area (Å²) in [5, 5.41) is 7.34. The van der Waals surface area contributed by atoms with Crippen LogP contribution in [0, 0.1) is 17.0 Å². The van der Waals surface area contributed by atoms with Crippen molar-refractivity contribution in [3.63, 3.8) is 0 Å². The number of fused-ring (bicyclic) bond motifs is 1. The number of nitrogens with two attached hydrogens (primary N) is 1. The van der Waals surface area contributed by atoms with Gasteiger partial charge in [-0.1, -0.05) is 12.2 Å². The van der Waals surface area contributed by atoms with Crippen LogP contribution in [-0.2, 0) is 0 Å². The minimum atomic E-state index is -0.737. The van der Waals surface area contributed by atoms with Crippen molar-refractivity contribution in [1.82, 2.24) is 0 Å². The summed E-state index contributed by atoms with van der Waals surface area (Å²) in [6.07, 6.45) is 0. The van der Waals surface area contributed by atoms with Gasteiger partial charge in [0.25, 0.3) is 0 Å². The van der Waals surface area contributed by atoms with Gasteiger partial charge in [0.2, 0.25) is 5.55 Å². The zero-order valence-electron chi connectivity index (χ0n) is 7.88. The van der Waals surface area contributed by atoms with Crippen LogP contribution in [0.1, 0.15) is 5.56 Å². The topological polar surface area (TPSA) is 63.0 Å². The average Bonchev–Trinajstić information content (AvgIpc) is 2.23. The van der Waals surface area contributed by atoms with Gasteiger partial charge in [0.1, 0.15) is 10.8 Å². The van der Waals surface area contributed by atoms with Gasteiger partial charge in [0.15, 0.2) is 11.4 Å². The summed E-state index contributed by atoms with van der Waals surface area (Å²) in [6, 6.07) is 3.11. The summed E-state index contributed by atoms with van der Waals surface area (Å²) < 4.78 is 31.5. The van der Waals surface area contributed by atoms with Crippen LogP contribution < -0.4 is 11.3 Å². The molecule has 0 saturated carbocycles. The van der Waals surface area contributed by atoms with Gasteiger partial charge in [-0.05, 0) is 18.2 Å². The maximum absolute atomic E-state index is 13.4. The van der Waals surface area contributed by atoms with E-state index in [0.29, 0.717) is 0 Å². The van der Waals surface area contributed by atoms with Gasteiger partial charge in [-0.2, -0.15) is 0 Å². The van der Waals surface area contributed by atoms with Gasteiger partial charge in [-0.25, -0.2) is 8.78 Å². The largest absolute Gasteiger partial charge is 0.435 e. The van der Waals surface area contributed by atoms with Crippen LogP contribution in [0.2, 0.25) is 0 Å². The summed E-state index contributed by atoms with van der Waals surface area (Å²) in [6.45, 7) is 0. The summed E-state index contributed by atoms with van der Waals surface area (Å²) in [4.78, 5) is -0.0979. The van der Waals surface area contributed by atoms with Crippen molar-refractivity contribution in [2.24, 2.45) is 5.73 Å². The minimum absolute atomic E-state index is 0.0759. The summed E-state index contributed by atoms with van der Waals surface area (Å²) in [5.74, 6) is -1.39. The molecule has 1 aromatic carbocycles. The Morgan fingerprint density at radius 3 is 2.56 bits per heavy atom. The van der Waals surface area contributed by atoms with Crippen LogP contribution in [0.25, 0.3) is 11.0 Å². The van der Waals surface area contributed by atoms with Crippen LogP contribution in [0.3, 0.4) is 0 Å². The highest BCUT2D eigenvalue weighted by atomic mass is 32.1. The molecule has 2 aromatic rings. The number of thiocarbonyl (C=S) groups is 1. The van der Waals surface area contributed by atoms with Gasteiger partial charge in [0, 0.05) is 0 Å². The molecule has 0 atom stereocenters. The van der Waals surface area contributed by atoms with Crippen LogP contribution in [0.15, 0.2) is 22.6 Å². The Morgan fingerprint density at radius 1 is 1.31 bits per heavy atom. The molecule has 1 aromatic heterocycles. The maximum Gasteiger partial charge on any atom is 0.222 e. The van der Waals surface area contributed by atoms with Crippen LogP contribution >= 0.6 is 12.2 Å². The Bertz CT molecular complexity index is 651. The molecule has 82 valence electrons. The Kier molecular flexibility index (Phi) is 2.43. The molecule has 0 unspecified atom stereocenters. The Balaban J connectivity index is 2.95. The molecule has 0 aliphatic carbocycles. The predicted octanol–water partition coefficient (Wildman–Crippen LogP) is 1.82. The Morgan fingerprint density at radius 2 is 1.94 bits per heavy atom. The molecule has 0 aliphatic heterocycles. The summed E-state index contributed by atoms with van der Waals surface area (Å²) in [5.41, 5.74) is 4.71. The lowest BCUT2D eigenvalue weighted by molar-refractivity contribution is 0.499. The molecule has 0 saturated heterocycles. The lowest BCUT2D eigenvalue weighted by Crippen LogP contribution is -2.20. The monoisotopic (exact) mass is 240 g/mol. The van der Waals surface area contributed by atoms with Gasteiger partial charge in [0.05, 0.1) is 10.9 Å². The molecule has 1 heterocycles. The molecular formula is C10H6F2N2OS. The second-order valence-corrected chi connectivity index (χ2v) is 3.57. The van der Waals surface area contributed by atoms with E-state index in [9.17, 15) is 8.78 Å². The summed E-state index contributed by atoms with van der Waals surface area (Å²) >= 11 is 4.67. The molecule has 3 nitrogen and oxygen atoms in total. The first-order valence-corrected chi connectivity index (χ1v) is 4.68. The molecular weight excluding hydrogens is 234 g/mol. The van der Waals surface area contributed by atoms with Gasteiger partial charge < -0.3 is 10.2 Å². The van der Waals surface area contributed by atoms with Crippen molar-refractivity contribution in [2.75, 3.05) is 0 Å². The molecule has 3 N–H and O–H groups in total. The quantitative estimate of drug-likeness (QED) is 0.747. The first kappa shape index (κ1) is 10.7. The predicted molar refractivity (Wildman–Crippen MR) is 57.9 cm³/mol. The van der Waals surface area contributed by atoms with E-state index in [1.54, 1.807) is 0 Å². The molecule has 0 spiro atoms. The van der Waals surface area contributed by atoms with Crippen molar-refractivity contribution in [1.29, 1.82) is 5.41 Å². The van der Waals surface area contributed by atoms with E-state index in [2.05, 4.69) is 12.2 Å². The number of rotatable bonds is 1. The number of halogens is 2. The molecule has 0 bridgehead atoms. The number of hydrogen-bond donors (Lipinski definition) is 2. The minimum Gasteiger partial charge on any atom is -0.435 e. The molecule has 0 amide bonds. The number of nitrogens with one attached hydrogen (secondary N) is 1. The second-order valence-electron chi connectivity index (χ2n) is 3.13. The molecule has 0 radical (unpaired) electrons. The molecule has 0 aliphatic rings. The lowest BCUT2D eigenvalue weighted by Gasteiger charge is -2.03. The molecule has 16 heavy (non-hydrogen) atoms. The third kappa shape index (κ3) is 1.57. The van der Waals surface area contributed by atoms with Crippen molar-refractivity contribution < 1.29 is 13.2 Å². The first-order valence-electron chi connectivity index (χ1n) is 4.27. The normalized spacial score (nSPS) is 10.6. The van der Waals surface area contributed by atoms with Crippen molar-refractivity contribution >= 4 is 28.2 Å². The number of benzene rings is 1. The molecule has 6 heteroatoms. The molecule has 2 rings (SSSR count). The molecule has 0 fully saturated rings. The maximum atomic E-state index is 13.4. The van der Waals surface area contributed by atoms with E-state index >= 15 is 0 Å². The fraction of sp³-hybridized carbons (Fsp3) is 0. The van der Waals surface area contributed by atoms with E-state index < -0.39 is 11.6 Å². The fourth-order valence-corrected chi connectivity index (χ4v) is 1.49. The van der Waals surface area contributed by atoms with Crippen molar-refractivity contribution in [3.05, 3.63) is 41.0 Å². The van der Waals surface area contributed by atoms with Crippen molar-refractivity contribution in [2.45, 2.75) is 0 Å². The van der Waals surface area contributed by atoms with Gasteiger partial charge in [-0.15, -0.1) is 0 Å². The van der Waals surface area contributed by atoms with E-state index in [4.69, 9.17) is 15.6 Å². The van der Waals surface area contributed by atoms with Gasteiger partial charge >= 0.3 is 0 Å². The summed E-state index contributed by atoms with van der Waals surface area (Å²) in [7, 11) is 0. The van der Waals surface area contributed by atoms with Crippen LogP contribution in [0.5, 0.6) is 0 Å². The second kappa shape index (κ2) is 3.64. The average molecular weight is 240 g/mol.